The molecule has 1 amide bonds. The molecule has 2 heterocycles. The summed E-state index contributed by atoms with van der Waals surface area (Å²) in [6.45, 7) is 1.30. The minimum absolute atomic E-state index is 0.0761. The number of nitrogens with two attached hydrogens (primary N) is 1. The van der Waals surface area contributed by atoms with Gasteiger partial charge >= 0.3 is 5.97 Å². The van der Waals surface area contributed by atoms with Crippen molar-refractivity contribution >= 4 is 39.3 Å². The molecule has 3 rings (SSSR count). The van der Waals surface area contributed by atoms with Crippen molar-refractivity contribution in [2.45, 2.75) is 25.3 Å². The van der Waals surface area contributed by atoms with Gasteiger partial charge in [-0.15, -0.1) is 0 Å². The molecule has 1 aliphatic heterocycles. The highest BCUT2D eigenvalue weighted by molar-refractivity contribution is 9.10. The van der Waals surface area contributed by atoms with Crippen LogP contribution >= 0.6 is 15.9 Å². The second-order valence-corrected chi connectivity index (χ2v) is 7.15. The van der Waals surface area contributed by atoms with Gasteiger partial charge in [0.15, 0.2) is 5.82 Å². The van der Waals surface area contributed by atoms with E-state index in [0.717, 1.165) is 29.5 Å². The van der Waals surface area contributed by atoms with Crippen LogP contribution in [0.4, 0.5) is 11.5 Å². The predicted molar refractivity (Wildman–Crippen MR) is 103 cm³/mol. The zero-order chi connectivity index (χ0) is 19.4. The Balaban J connectivity index is 1.86. The quantitative estimate of drug-likeness (QED) is 0.673. The summed E-state index contributed by atoms with van der Waals surface area (Å²) < 4.78 is 12.7. The van der Waals surface area contributed by atoms with Crippen molar-refractivity contribution in [2.75, 3.05) is 25.6 Å². The number of amides is 1. The van der Waals surface area contributed by atoms with Crippen LogP contribution in [0.25, 0.3) is 0 Å². The van der Waals surface area contributed by atoms with Gasteiger partial charge in [0, 0.05) is 23.0 Å². The van der Waals surface area contributed by atoms with Crippen molar-refractivity contribution in [3.05, 3.63) is 40.0 Å². The number of halogens is 1. The largest absolute Gasteiger partial charge is 0.469 e. The third-order valence-electron chi connectivity index (χ3n) is 4.38. The molecule has 9 heteroatoms. The fourth-order valence-electron chi connectivity index (χ4n) is 2.94. The second-order valence-electron chi connectivity index (χ2n) is 6.29. The van der Waals surface area contributed by atoms with Gasteiger partial charge in [0.2, 0.25) is 0 Å². The molecule has 0 saturated carbocycles. The summed E-state index contributed by atoms with van der Waals surface area (Å²) in [5.74, 6) is -0.529. The maximum absolute atomic E-state index is 11.8. The molecule has 0 spiro atoms. The van der Waals surface area contributed by atoms with Crippen molar-refractivity contribution in [3.8, 4) is 0 Å². The molecule has 1 unspecified atom stereocenters. The van der Waals surface area contributed by atoms with Gasteiger partial charge in [0.1, 0.15) is 5.56 Å². The molecule has 1 aliphatic rings. The number of nitrogens with zero attached hydrogens (tertiary/aromatic N) is 2. The van der Waals surface area contributed by atoms with E-state index in [0.29, 0.717) is 23.7 Å². The van der Waals surface area contributed by atoms with E-state index in [1.54, 1.807) is 16.9 Å². The van der Waals surface area contributed by atoms with E-state index in [2.05, 4.69) is 26.3 Å². The molecule has 3 N–H and O–H groups in total. The molecule has 1 saturated heterocycles. The molecule has 0 bridgehead atoms. The first-order valence-corrected chi connectivity index (χ1v) is 9.36. The van der Waals surface area contributed by atoms with Crippen molar-refractivity contribution in [2.24, 2.45) is 5.73 Å². The molecule has 1 aromatic heterocycles. The summed E-state index contributed by atoms with van der Waals surface area (Å²) in [6, 6.07) is 5.51. The number of ether oxygens (including phenoxy) is 2. The maximum Gasteiger partial charge on any atom is 0.310 e. The number of aromatic nitrogens is 2. The number of carbonyl (C=O) groups is 2. The number of hydrogen-bond acceptors (Lipinski definition) is 6. The number of carbonyl (C=O) groups excluding carboxylic acids is 2. The highest BCUT2D eigenvalue weighted by Crippen LogP contribution is 2.27. The Hall–Kier alpha value is -2.39. The van der Waals surface area contributed by atoms with Crippen molar-refractivity contribution in [3.63, 3.8) is 0 Å². The van der Waals surface area contributed by atoms with E-state index in [9.17, 15) is 9.59 Å². The highest BCUT2D eigenvalue weighted by atomic mass is 79.9. The van der Waals surface area contributed by atoms with Gasteiger partial charge < -0.3 is 20.5 Å². The zero-order valence-corrected chi connectivity index (χ0v) is 16.5. The predicted octanol–water partition coefficient (Wildman–Crippen LogP) is 2.56. The minimum atomic E-state index is -0.563. The summed E-state index contributed by atoms with van der Waals surface area (Å²) in [4.78, 5) is 23.4. The smallest absolute Gasteiger partial charge is 0.310 e. The van der Waals surface area contributed by atoms with E-state index in [1.807, 2.05) is 12.1 Å². The lowest BCUT2D eigenvalue weighted by molar-refractivity contribution is -0.139. The standard InChI is InChI=1S/C18H21BrN4O4/c1-26-16(24)8-11-7-12(4-5-15(11)19)21-18-14(17(20)25)9-23(22-18)13-3-2-6-27-10-13/h4-5,7,9,13H,2-3,6,8,10H2,1H3,(H2,20,25)(H,21,22). The lowest BCUT2D eigenvalue weighted by atomic mass is 10.1. The van der Waals surface area contributed by atoms with Gasteiger partial charge in [0.05, 0.1) is 26.2 Å². The number of nitrogens with one attached hydrogen (secondary N) is 1. The molecule has 0 radical (unpaired) electrons. The highest BCUT2D eigenvalue weighted by Gasteiger charge is 2.21. The fourth-order valence-corrected chi connectivity index (χ4v) is 3.32. The topological polar surface area (TPSA) is 108 Å². The third-order valence-corrected chi connectivity index (χ3v) is 5.15. The average Bonchev–Trinajstić information content (AvgIpc) is 3.09. The summed E-state index contributed by atoms with van der Waals surface area (Å²) in [5.41, 5.74) is 7.26. The number of anilines is 2. The first kappa shape index (κ1) is 19.4. The van der Waals surface area contributed by atoms with Crippen LogP contribution in [-0.2, 0) is 20.7 Å². The fraction of sp³-hybridized carbons (Fsp3) is 0.389. The minimum Gasteiger partial charge on any atom is -0.469 e. The first-order chi connectivity index (χ1) is 13.0. The summed E-state index contributed by atoms with van der Waals surface area (Å²) >= 11 is 3.42. The van der Waals surface area contributed by atoms with Crippen LogP contribution < -0.4 is 11.1 Å². The van der Waals surface area contributed by atoms with E-state index in [-0.39, 0.29) is 18.4 Å². The van der Waals surface area contributed by atoms with E-state index >= 15 is 0 Å². The molecular formula is C18H21BrN4O4. The molecule has 1 aromatic carbocycles. The Kier molecular flexibility index (Phi) is 6.12. The Morgan fingerprint density at radius 1 is 1.48 bits per heavy atom. The van der Waals surface area contributed by atoms with Gasteiger partial charge in [-0.05, 0) is 36.6 Å². The van der Waals surface area contributed by atoms with Gasteiger partial charge in [-0.1, -0.05) is 15.9 Å². The molecule has 8 nitrogen and oxygen atoms in total. The number of methoxy groups -OCH3 is 1. The van der Waals surface area contributed by atoms with Crippen LogP contribution in [0.3, 0.4) is 0 Å². The number of hydrogen-bond donors (Lipinski definition) is 2. The molecule has 1 atom stereocenters. The lowest BCUT2D eigenvalue weighted by Gasteiger charge is -2.22. The Morgan fingerprint density at radius 3 is 2.96 bits per heavy atom. The Morgan fingerprint density at radius 2 is 2.30 bits per heavy atom. The van der Waals surface area contributed by atoms with Gasteiger partial charge in [0.25, 0.3) is 5.91 Å². The molecule has 0 aliphatic carbocycles. The lowest BCUT2D eigenvalue weighted by Crippen LogP contribution is -2.21. The monoisotopic (exact) mass is 436 g/mol. The van der Waals surface area contributed by atoms with Crippen molar-refractivity contribution in [1.82, 2.24) is 9.78 Å². The maximum atomic E-state index is 11.8. The zero-order valence-electron chi connectivity index (χ0n) is 14.9. The van der Waals surface area contributed by atoms with Gasteiger partial charge in [-0.25, -0.2) is 0 Å². The van der Waals surface area contributed by atoms with Crippen LogP contribution in [0.2, 0.25) is 0 Å². The Labute approximate surface area is 165 Å². The van der Waals surface area contributed by atoms with Crippen LogP contribution in [0, 0.1) is 0 Å². The molecule has 2 aromatic rings. The van der Waals surface area contributed by atoms with Gasteiger partial charge in [-0.2, -0.15) is 5.10 Å². The van der Waals surface area contributed by atoms with Crippen LogP contribution in [0.15, 0.2) is 28.9 Å². The van der Waals surface area contributed by atoms with Crippen LogP contribution in [-0.4, -0.2) is 42.0 Å². The van der Waals surface area contributed by atoms with Crippen LogP contribution in [0.1, 0.15) is 34.8 Å². The summed E-state index contributed by atoms with van der Waals surface area (Å²) in [5, 5.41) is 7.63. The number of rotatable bonds is 6. The molecule has 144 valence electrons. The average molecular weight is 437 g/mol. The number of esters is 1. The van der Waals surface area contributed by atoms with E-state index in [1.165, 1.54) is 7.11 Å². The van der Waals surface area contributed by atoms with E-state index in [4.69, 9.17) is 15.2 Å². The molecule has 1 fully saturated rings. The van der Waals surface area contributed by atoms with Crippen molar-refractivity contribution < 1.29 is 19.1 Å². The normalized spacial score (nSPS) is 16.7. The number of benzene rings is 1. The molecular weight excluding hydrogens is 416 g/mol. The van der Waals surface area contributed by atoms with Gasteiger partial charge in [-0.3, -0.25) is 14.3 Å². The second kappa shape index (κ2) is 8.53. The summed E-state index contributed by atoms with van der Waals surface area (Å²) in [6.07, 6.45) is 3.66. The van der Waals surface area contributed by atoms with E-state index < -0.39 is 5.91 Å². The summed E-state index contributed by atoms with van der Waals surface area (Å²) in [7, 11) is 1.35. The van der Waals surface area contributed by atoms with Crippen molar-refractivity contribution in [1.29, 1.82) is 0 Å². The van der Waals surface area contributed by atoms with Crippen LogP contribution in [0.5, 0.6) is 0 Å². The first-order valence-electron chi connectivity index (χ1n) is 8.57. The number of primary amides is 1. The molecule has 27 heavy (non-hydrogen) atoms. The SMILES string of the molecule is COC(=O)Cc1cc(Nc2nn(C3CCCOC3)cc2C(N)=O)ccc1Br. The third kappa shape index (κ3) is 4.67. The Bertz CT molecular complexity index is 846.